The predicted octanol–water partition coefficient (Wildman–Crippen LogP) is 4.46. The van der Waals surface area contributed by atoms with Gasteiger partial charge in [-0.2, -0.15) is 5.10 Å². The van der Waals surface area contributed by atoms with E-state index in [2.05, 4.69) is 42.1 Å². The number of carbonyl (C=O) groups is 1. The van der Waals surface area contributed by atoms with Gasteiger partial charge in [0, 0.05) is 32.2 Å². The first-order valence-corrected chi connectivity index (χ1v) is 11.4. The lowest BCUT2D eigenvalue weighted by molar-refractivity contribution is -0.00368. The van der Waals surface area contributed by atoms with E-state index in [1.807, 2.05) is 27.0 Å². The number of amides is 1. The van der Waals surface area contributed by atoms with Crippen molar-refractivity contribution < 1.29 is 14.3 Å². The van der Waals surface area contributed by atoms with Gasteiger partial charge in [-0.25, -0.2) is 4.79 Å². The first-order chi connectivity index (χ1) is 14.4. The number of H-pyrrole nitrogens is 1. The molecule has 1 aliphatic carbocycles. The van der Waals surface area contributed by atoms with Crippen molar-refractivity contribution in [1.82, 2.24) is 20.0 Å². The average molecular weight is 433 g/mol. The smallest absolute Gasteiger partial charge is 0.410 e. The molecule has 1 atom stereocenters. The number of allylic oxidation sites excluding steroid dienone is 1. The van der Waals surface area contributed by atoms with E-state index in [1.54, 1.807) is 11.9 Å². The fourth-order valence-corrected chi connectivity index (χ4v) is 4.55. The summed E-state index contributed by atoms with van der Waals surface area (Å²) >= 11 is 0. The average Bonchev–Trinajstić information content (AvgIpc) is 3.23. The van der Waals surface area contributed by atoms with Crippen LogP contribution in [0.15, 0.2) is 12.3 Å². The molecule has 2 aliphatic rings. The first kappa shape index (κ1) is 23.8. The molecule has 0 aromatic carbocycles. The first-order valence-electron chi connectivity index (χ1n) is 11.4. The maximum atomic E-state index is 12.1. The number of nitrogens with zero attached hydrogens (tertiary/aromatic N) is 3. The molecule has 0 radical (unpaired) electrons. The number of ether oxygens (including phenoxy) is 2. The van der Waals surface area contributed by atoms with Crippen LogP contribution >= 0.6 is 0 Å². The molecular weight excluding hydrogens is 392 g/mol. The second kappa shape index (κ2) is 8.94. The third-order valence-corrected chi connectivity index (χ3v) is 6.14. The Balaban J connectivity index is 1.54. The Morgan fingerprint density at radius 2 is 2.03 bits per heavy atom. The van der Waals surface area contributed by atoms with Crippen LogP contribution in [0.3, 0.4) is 0 Å². The molecule has 7 nitrogen and oxygen atoms in total. The van der Waals surface area contributed by atoms with Gasteiger partial charge in [0.05, 0.1) is 24.1 Å². The highest BCUT2D eigenvalue weighted by atomic mass is 16.6. The van der Waals surface area contributed by atoms with Crippen LogP contribution in [0.5, 0.6) is 0 Å². The van der Waals surface area contributed by atoms with Crippen molar-refractivity contribution in [2.24, 2.45) is 5.41 Å². The van der Waals surface area contributed by atoms with E-state index in [4.69, 9.17) is 9.47 Å². The minimum Gasteiger partial charge on any atom is -0.444 e. The van der Waals surface area contributed by atoms with E-state index in [0.29, 0.717) is 6.54 Å². The molecule has 1 amide bonds. The quantitative estimate of drug-likeness (QED) is 0.719. The molecule has 3 rings (SSSR count). The molecule has 1 spiro atoms. The fraction of sp³-hybridized carbons (Fsp3) is 0.750. The molecule has 1 unspecified atom stereocenters. The van der Waals surface area contributed by atoms with Crippen LogP contribution in [0, 0.1) is 5.41 Å². The van der Waals surface area contributed by atoms with Gasteiger partial charge in [0.15, 0.2) is 0 Å². The highest BCUT2D eigenvalue weighted by molar-refractivity contribution is 5.67. The SMILES string of the molecule is CN(CCN(C)C(=O)OC(C)(C)C)Cc1cn[nH]c1C1=CCC2(CC1)CC(C)(C)CO2. The van der Waals surface area contributed by atoms with Crippen molar-refractivity contribution in [2.45, 2.75) is 78.0 Å². The van der Waals surface area contributed by atoms with Crippen LogP contribution in [-0.4, -0.2) is 71.1 Å². The van der Waals surface area contributed by atoms with Gasteiger partial charge < -0.3 is 19.3 Å². The van der Waals surface area contributed by atoms with Gasteiger partial charge in [-0.05, 0) is 64.5 Å². The topological polar surface area (TPSA) is 70.7 Å². The number of nitrogens with one attached hydrogen (secondary N) is 1. The van der Waals surface area contributed by atoms with Crippen LogP contribution in [0.1, 0.15) is 71.6 Å². The van der Waals surface area contributed by atoms with Gasteiger partial charge in [-0.1, -0.05) is 19.9 Å². The molecule has 2 heterocycles. The van der Waals surface area contributed by atoms with E-state index in [9.17, 15) is 4.79 Å². The van der Waals surface area contributed by atoms with Gasteiger partial charge in [0.1, 0.15) is 5.60 Å². The molecule has 7 heteroatoms. The van der Waals surface area contributed by atoms with Crippen molar-refractivity contribution in [3.8, 4) is 0 Å². The van der Waals surface area contributed by atoms with E-state index in [0.717, 1.165) is 51.1 Å². The summed E-state index contributed by atoms with van der Waals surface area (Å²) in [6, 6.07) is 0. The summed E-state index contributed by atoms with van der Waals surface area (Å²) in [5.74, 6) is 0. The molecule has 1 aromatic heterocycles. The molecule has 31 heavy (non-hydrogen) atoms. The minimum atomic E-state index is -0.478. The Bertz CT molecular complexity index is 808. The molecular formula is C24H40N4O3. The standard InChI is InChI=1S/C24H40N4O3/c1-22(2,3)31-21(29)28(7)13-12-27(6)15-19-14-25-26-20(19)18-8-10-24(11-9-18)16-23(4,5)17-30-24/h8,14H,9-13,15-17H2,1-7H3,(H,25,26). The summed E-state index contributed by atoms with van der Waals surface area (Å²) in [5.41, 5.74) is 3.49. The monoisotopic (exact) mass is 432 g/mol. The molecule has 1 N–H and O–H groups in total. The van der Waals surface area contributed by atoms with Gasteiger partial charge >= 0.3 is 6.09 Å². The lowest BCUT2D eigenvalue weighted by Gasteiger charge is -2.32. The van der Waals surface area contributed by atoms with Crippen molar-refractivity contribution in [3.05, 3.63) is 23.5 Å². The Hall–Kier alpha value is -1.86. The maximum absolute atomic E-state index is 12.1. The summed E-state index contributed by atoms with van der Waals surface area (Å²) in [4.78, 5) is 16.0. The van der Waals surface area contributed by atoms with Gasteiger partial charge in [0.25, 0.3) is 0 Å². The van der Waals surface area contributed by atoms with Crippen LogP contribution in [0.2, 0.25) is 0 Å². The van der Waals surface area contributed by atoms with Crippen LogP contribution < -0.4 is 0 Å². The van der Waals surface area contributed by atoms with Gasteiger partial charge in [0.2, 0.25) is 0 Å². The number of aromatic amines is 1. The second-order valence-electron chi connectivity index (χ2n) is 11.2. The van der Waals surface area contributed by atoms with E-state index in [-0.39, 0.29) is 17.1 Å². The van der Waals surface area contributed by atoms with E-state index >= 15 is 0 Å². The van der Waals surface area contributed by atoms with Gasteiger partial charge in [-0.15, -0.1) is 0 Å². The molecule has 1 aliphatic heterocycles. The second-order valence-corrected chi connectivity index (χ2v) is 11.2. The van der Waals surface area contributed by atoms with E-state index < -0.39 is 5.60 Å². The highest BCUT2D eigenvalue weighted by Gasteiger charge is 2.45. The van der Waals surface area contributed by atoms with Crippen LogP contribution in [0.4, 0.5) is 4.79 Å². The summed E-state index contributed by atoms with van der Waals surface area (Å²) < 4.78 is 11.7. The molecule has 0 saturated carbocycles. The summed E-state index contributed by atoms with van der Waals surface area (Å²) in [6.07, 6.45) is 8.16. The zero-order valence-corrected chi connectivity index (χ0v) is 20.4. The zero-order valence-electron chi connectivity index (χ0n) is 20.4. The fourth-order valence-electron chi connectivity index (χ4n) is 4.55. The van der Waals surface area contributed by atoms with Crippen molar-refractivity contribution in [1.29, 1.82) is 0 Å². The number of hydrogen-bond donors (Lipinski definition) is 1. The molecule has 1 aromatic rings. The summed E-state index contributed by atoms with van der Waals surface area (Å²) in [6.45, 7) is 13.2. The lowest BCUT2D eigenvalue weighted by Crippen LogP contribution is -2.38. The van der Waals surface area contributed by atoms with E-state index in [1.165, 1.54) is 11.1 Å². The van der Waals surface area contributed by atoms with Crippen LogP contribution in [0.25, 0.3) is 5.57 Å². The molecule has 1 fully saturated rings. The van der Waals surface area contributed by atoms with Crippen molar-refractivity contribution in [2.75, 3.05) is 33.8 Å². The minimum absolute atomic E-state index is 0.0240. The Morgan fingerprint density at radius 1 is 1.29 bits per heavy atom. The van der Waals surface area contributed by atoms with Gasteiger partial charge in [-0.3, -0.25) is 5.10 Å². The largest absolute Gasteiger partial charge is 0.444 e. The Morgan fingerprint density at radius 3 is 2.61 bits per heavy atom. The highest BCUT2D eigenvalue weighted by Crippen LogP contribution is 2.47. The number of likely N-dealkylation sites (N-methyl/N-ethyl adjacent to an activating group) is 2. The Kier molecular flexibility index (Phi) is 6.87. The zero-order chi connectivity index (χ0) is 22.9. The normalized spacial score (nSPS) is 23.3. The summed E-state index contributed by atoms with van der Waals surface area (Å²) in [7, 11) is 3.85. The third-order valence-electron chi connectivity index (χ3n) is 6.14. The third kappa shape index (κ3) is 6.32. The summed E-state index contributed by atoms with van der Waals surface area (Å²) in [5, 5.41) is 7.53. The number of rotatable bonds is 6. The predicted molar refractivity (Wildman–Crippen MR) is 123 cm³/mol. The molecule has 0 bridgehead atoms. The maximum Gasteiger partial charge on any atom is 0.410 e. The van der Waals surface area contributed by atoms with Crippen molar-refractivity contribution >= 4 is 11.7 Å². The van der Waals surface area contributed by atoms with Crippen molar-refractivity contribution in [3.63, 3.8) is 0 Å². The lowest BCUT2D eigenvalue weighted by atomic mass is 9.76. The molecule has 174 valence electrons. The molecule has 1 saturated heterocycles. The van der Waals surface area contributed by atoms with Crippen LogP contribution in [-0.2, 0) is 16.0 Å². The number of aromatic nitrogens is 2. The number of carbonyl (C=O) groups excluding carboxylic acids is 1. The Labute approximate surface area is 187 Å². The number of hydrogen-bond acceptors (Lipinski definition) is 5.